The number of hydrogen-bond donors (Lipinski definition) is 1. The molecule has 1 aromatic heterocycles. The fourth-order valence-electron chi connectivity index (χ4n) is 1.57. The largest absolute Gasteiger partial charge is 0.374 e. The molecular weight excluding hydrogens is 228 g/mol. The topological polar surface area (TPSA) is 39.1 Å². The molecule has 1 heterocycles. The van der Waals surface area contributed by atoms with Gasteiger partial charge in [0.1, 0.15) is 6.61 Å². The Kier molecular flexibility index (Phi) is 6.07. The molecule has 0 bridgehead atoms. The van der Waals surface area contributed by atoms with E-state index in [1.807, 2.05) is 13.2 Å². The Morgan fingerprint density at radius 3 is 2.94 bits per heavy atom. The fraction of sp³-hybridized carbons (Fsp3) is 0.727. The molecule has 0 aromatic carbocycles. The van der Waals surface area contributed by atoms with Crippen LogP contribution in [0.3, 0.4) is 0 Å². The van der Waals surface area contributed by atoms with Crippen molar-refractivity contribution in [3.63, 3.8) is 0 Å². The van der Waals surface area contributed by atoms with Crippen LogP contribution in [-0.2, 0) is 24.8 Å². The van der Waals surface area contributed by atoms with E-state index in [0.717, 1.165) is 17.7 Å². The van der Waals surface area contributed by atoms with Crippen molar-refractivity contribution in [1.82, 2.24) is 15.1 Å². The highest BCUT2D eigenvalue weighted by Gasteiger charge is 2.05. The van der Waals surface area contributed by atoms with Gasteiger partial charge in [0, 0.05) is 31.9 Å². The van der Waals surface area contributed by atoms with Gasteiger partial charge in [0.25, 0.3) is 6.43 Å². The lowest BCUT2D eigenvalue weighted by Gasteiger charge is -2.05. The van der Waals surface area contributed by atoms with E-state index in [-0.39, 0.29) is 0 Å². The second-order valence-electron chi connectivity index (χ2n) is 3.77. The van der Waals surface area contributed by atoms with E-state index in [1.165, 1.54) is 0 Å². The first-order valence-corrected chi connectivity index (χ1v) is 5.71. The SMILES string of the molecule is CCc1nn(C)cc1CNCCOCC(F)F. The van der Waals surface area contributed by atoms with Gasteiger partial charge in [-0.25, -0.2) is 8.78 Å². The Bertz CT molecular complexity index is 329. The minimum atomic E-state index is -2.39. The van der Waals surface area contributed by atoms with Crippen molar-refractivity contribution in [3.05, 3.63) is 17.5 Å². The second kappa shape index (κ2) is 7.34. The Morgan fingerprint density at radius 2 is 2.29 bits per heavy atom. The number of aromatic nitrogens is 2. The van der Waals surface area contributed by atoms with Gasteiger partial charge in [-0.05, 0) is 6.42 Å². The Labute approximate surface area is 100.0 Å². The molecule has 0 radical (unpaired) electrons. The quantitative estimate of drug-likeness (QED) is 0.705. The van der Waals surface area contributed by atoms with E-state index < -0.39 is 13.0 Å². The number of hydrogen-bond acceptors (Lipinski definition) is 3. The molecule has 0 unspecified atom stereocenters. The summed E-state index contributed by atoms with van der Waals surface area (Å²) in [5, 5.41) is 7.45. The lowest BCUT2D eigenvalue weighted by Crippen LogP contribution is -2.21. The van der Waals surface area contributed by atoms with Crippen molar-refractivity contribution in [2.75, 3.05) is 19.8 Å². The average Bonchev–Trinajstić information content (AvgIpc) is 2.63. The lowest BCUT2D eigenvalue weighted by molar-refractivity contribution is 0.0187. The minimum Gasteiger partial charge on any atom is -0.374 e. The standard InChI is InChI=1S/C11H19F2N3O/c1-3-10-9(7-16(2)15-10)6-14-4-5-17-8-11(12)13/h7,11,14H,3-6,8H2,1-2H3. The van der Waals surface area contributed by atoms with E-state index in [0.29, 0.717) is 19.7 Å². The lowest BCUT2D eigenvalue weighted by atomic mass is 10.2. The molecule has 1 aromatic rings. The summed E-state index contributed by atoms with van der Waals surface area (Å²) in [7, 11) is 1.88. The van der Waals surface area contributed by atoms with Crippen molar-refractivity contribution in [2.24, 2.45) is 7.05 Å². The average molecular weight is 247 g/mol. The highest BCUT2D eigenvalue weighted by atomic mass is 19.3. The third kappa shape index (κ3) is 5.23. The zero-order valence-electron chi connectivity index (χ0n) is 10.2. The highest BCUT2D eigenvalue weighted by Crippen LogP contribution is 2.06. The van der Waals surface area contributed by atoms with Crippen molar-refractivity contribution >= 4 is 0 Å². The van der Waals surface area contributed by atoms with Crippen molar-refractivity contribution in [1.29, 1.82) is 0 Å². The van der Waals surface area contributed by atoms with Gasteiger partial charge in [-0.3, -0.25) is 4.68 Å². The molecule has 0 spiro atoms. The number of nitrogens with zero attached hydrogens (tertiary/aromatic N) is 2. The van der Waals surface area contributed by atoms with Crippen LogP contribution in [-0.4, -0.2) is 36.0 Å². The van der Waals surface area contributed by atoms with Crippen molar-refractivity contribution < 1.29 is 13.5 Å². The molecule has 6 heteroatoms. The molecule has 0 saturated carbocycles. The Balaban J connectivity index is 2.17. The summed E-state index contributed by atoms with van der Waals surface area (Å²) in [6, 6.07) is 0. The van der Waals surface area contributed by atoms with E-state index >= 15 is 0 Å². The number of halogens is 2. The predicted octanol–water partition coefficient (Wildman–Crippen LogP) is 1.35. The van der Waals surface area contributed by atoms with Crippen LogP contribution in [0.5, 0.6) is 0 Å². The van der Waals surface area contributed by atoms with Gasteiger partial charge in [0.15, 0.2) is 0 Å². The molecule has 0 amide bonds. The molecular formula is C11H19F2N3O. The number of aryl methyl sites for hydroxylation is 2. The first-order valence-electron chi connectivity index (χ1n) is 5.71. The first kappa shape index (κ1) is 14.1. The van der Waals surface area contributed by atoms with Crippen LogP contribution in [0, 0.1) is 0 Å². The highest BCUT2D eigenvalue weighted by molar-refractivity contribution is 5.16. The maximum Gasteiger partial charge on any atom is 0.261 e. The van der Waals surface area contributed by atoms with Gasteiger partial charge in [-0.15, -0.1) is 0 Å². The monoisotopic (exact) mass is 247 g/mol. The second-order valence-corrected chi connectivity index (χ2v) is 3.77. The Hall–Kier alpha value is -1.01. The van der Waals surface area contributed by atoms with E-state index in [4.69, 9.17) is 4.74 Å². The molecule has 0 aliphatic carbocycles. The van der Waals surface area contributed by atoms with Crippen LogP contribution >= 0.6 is 0 Å². The molecule has 98 valence electrons. The normalized spacial score (nSPS) is 11.4. The van der Waals surface area contributed by atoms with Gasteiger partial charge in [0.2, 0.25) is 0 Å². The van der Waals surface area contributed by atoms with Gasteiger partial charge < -0.3 is 10.1 Å². The first-order chi connectivity index (χ1) is 8.13. The molecule has 0 aliphatic rings. The van der Waals surface area contributed by atoms with E-state index in [9.17, 15) is 8.78 Å². The summed E-state index contributed by atoms with van der Waals surface area (Å²) in [6.07, 6.45) is 0.464. The van der Waals surface area contributed by atoms with Crippen LogP contribution in [0.1, 0.15) is 18.2 Å². The van der Waals surface area contributed by atoms with Gasteiger partial charge in [-0.1, -0.05) is 6.92 Å². The van der Waals surface area contributed by atoms with Crippen molar-refractivity contribution in [3.8, 4) is 0 Å². The smallest absolute Gasteiger partial charge is 0.261 e. The molecule has 0 atom stereocenters. The molecule has 0 saturated heterocycles. The van der Waals surface area contributed by atoms with Gasteiger partial charge >= 0.3 is 0 Å². The molecule has 0 fully saturated rings. The summed E-state index contributed by atoms with van der Waals surface area (Å²) in [6.45, 7) is 3.11. The fourth-order valence-corrected chi connectivity index (χ4v) is 1.57. The molecule has 1 rings (SSSR count). The summed E-state index contributed by atoms with van der Waals surface area (Å²) in [4.78, 5) is 0. The number of ether oxygens (including phenoxy) is 1. The Morgan fingerprint density at radius 1 is 1.53 bits per heavy atom. The zero-order chi connectivity index (χ0) is 12.7. The molecule has 4 nitrogen and oxygen atoms in total. The summed E-state index contributed by atoms with van der Waals surface area (Å²) in [5.41, 5.74) is 2.21. The predicted molar refractivity (Wildman–Crippen MR) is 61.1 cm³/mol. The van der Waals surface area contributed by atoms with E-state index in [2.05, 4.69) is 17.3 Å². The zero-order valence-corrected chi connectivity index (χ0v) is 10.2. The summed E-state index contributed by atoms with van der Waals surface area (Å²) in [5.74, 6) is 0. The summed E-state index contributed by atoms with van der Waals surface area (Å²) < 4.78 is 30.1. The van der Waals surface area contributed by atoms with E-state index in [1.54, 1.807) is 4.68 Å². The summed E-state index contributed by atoms with van der Waals surface area (Å²) >= 11 is 0. The molecule has 1 N–H and O–H groups in total. The minimum absolute atomic E-state index is 0.298. The molecule has 0 aliphatic heterocycles. The van der Waals surface area contributed by atoms with Crippen LogP contribution < -0.4 is 5.32 Å². The number of nitrogens with one attached hydrogen (secondary N) is 1. The van der Waals surface area contributed by atoms with Gasteiger partial charge in [-0.2, -0.15) is 5.10 Å². The van der Waals surface area contributed by atoms with Crippen LogP contribution in [0.4, 0.5) is 8.78 Å². The number of rotatable bonds is 8. The number of alkyl halides is 2. The maximum atomic E-state index is 11.8. The van der Waals surface area contributed by atoms with Crippen molar-refractivity contribution in [2.45, 2.75) is 26.3 Å². The third-order valence-corrected chi connectivity index (χ3v) is 2.31. The van der Waals surface area contributed by atoms with Crippen LogP contribution in [0.15, 0.2) is 6.20 Å². The van der Waals surface area contributed by atoms with Gasteiger partial charge in [0.05, 0.1) is 12.3 Å². The van der Waals surface area contributed by atoms with Crippen LogP contribution in [0.25, 0.3) is 0 Å². The molecule has 17 heavy (non-hydrogen) atoms. The van der Waals surface area contributed by atoms with Crippen LogP contribution in [0.2, 0.25) is 0 Å². The maximum absolute atomic E-state index is 11.8. The third-order valence-electron chi connectivity index (χ3n) is 2.31.